The van der Waals surface area contributed by atoms with Crippen molar-refractivity contribution in [2.75, 3.05) is 0 Å². The minimum atomic E-state index is -1.06. The van der Waals surface area contributed by atoms with E-state index in [1.165, 1.54) is 41.1 Å². The van der Waals surface area contributed by atoms with E-state index in [1.54, 1.807) is 30.3 Å². The fourth-order valence-electron chi connectivity index (χ4n) is 2.89. The predicted molar refractivity (Wildman–Crippen MR) is 104 cm³/mol. The molecule has 0 aliphatic rings. The van der Waals surface area contributed by atoms with E-state index in [2.05, 4.69) is 10.1 Å². The Kier molecular flexibility index (Phi) is 4.36. The smallest absolute Gasteiger partial charge is 0.335 e. The maximum absolute atomic E-state index is 11.1. The molecule has 4 rings (SSSR count). The molecule has 0 unspecified atom stereocenters. The molecular weight excluding hydrogens is 374 g/mol. The van der Waals surface area contributed by atoms with Crippen LogP contribution in [0.15, 0.2) is 66.7 Å². The number of aromatic nitrogens is 3. The second-order valence-electron chi connectivity index (χ2n) is 6.24. The van der Waals surface area contributed by atoms with Crippen molar-refractivity contribution < 1.29 is 25.2 Å². The van der Waals surface area contributed by atoms with Crippen LogP contribution in [0.4, 0.5) is 0 Å². The number of phenols is 3. The first-order valence-corrected chi connectivity index (χ1v) is 8.55. The van der Waals surface area contributed by atoms with Crippen LogP contribution in [0.1, 0.15) is 10.4 Å². The summed E-state index contributed by atoms with van der Waals surface area (Å²) in [4.78, 5) is 15.6. The molecule has 0 spiro atoms. The van der Waals surface area contributed by atoms with Crippen molar-refractivity contribution in [1.29, 1.82) is 0 Å². The third kappa shape index (κ3) is 3.34. The van der Waals surface area contributed by atoms with Crippen LogP contribution in [0.2, 0.25) is 0 Å². The first kappa shape index (κ1) is 18.1. The fraction of sp³-hybridized carbons (Fsp3) is 0. The first-order chi connectivity index (χ1) is 13.9. The Morgan fingerprint density at radius 2 is 1.52 bits per heavy atom. The maximum Gasteiger partial charge on any atom is 0.335 e. The molecule has 1 heterocycles. The van der Waals surface area contributed by atoms with Crippen molar-refractivity contribution in [3.63, 3.8) is 0 Å². The molecular formula is C21H15N3O5. The van der Waals surface area contributed by atoms with E-state index in [4.69, 9.17) is 5.11 Å². The lowest BCUT2D eigenvalue weighted by Gasteiger charge is -2.08. The van der Waals surface area contributed by atoms with Crippen LogP contribution in [0.3, 0.4) is 0 Å². The summed E-state index contributed by atoms with van der Waals surface area (Å²) < 4.78 is 1.40. The molecule has 0 bridgehead atoms. The van der Waals surface area contributed by atoms with Gasteiger partial charge in [0, 0.05) is 0 Å². The monoisotopic (exact) mass is 389 g/mol. The van der Waals surface area contributed by atoms with E-state index >= 15 is 0 Å². The van der Waals surface area contributed by atoms with Gasteiger partial charge in [-0.15, -0.1) is 5.10 Å². The Morgan fingerprint density at radius 3 is 2.21 bits per heavy atom. The summed E-state index contributed by atoms with van der Waals surface area (Å²) >= 11 is 0. The van der Waals surface area contributed by atoms with Crippen LogP contribution >= 0.6 is 0 Å². The van der Waals surface area contributed by atoms with Gasteiger partial charge >= 0.3 is 5.97 Å². The molecule has 4 aromatic rings. The van der Waals surface area contributed by atoms with Crippen molar-refractivity contribution in [3.05, 3.63) is 72.3 Å². The maximum atomic E-state index is 11.1. The Labute approximate surface area is 164 Å². The standard InChI is InChI=1S/C21H15N3O5/c25-14-9-10-18(27)16(11-14)20-22-19(15-3-1-2-4-17(15)26)23-24(20)13-7-5-12(6-8-13)21(28)29/h1-11,25-27H,(H,28,29). The van der Waals surface area contributed by atoms with Gasteiger partial charge in [-0.2, -0.15) is 0 Å². The van der Waals surface area contributed by atoms with Crippen LogP contribution in [0.5, 0.6) is 17.2 Å². The third-order valence-corrected chi connectivity index (χ3v) is 4.33. The van der Waals surface area contributed by atoms with Crippen molar-refractivity contribution in [1.82, 2.24) is 14.8 Å². The number of carbonyl (C=O) groups is 1. The molecule has 1 aromatic heterocycles. The summed E-state index contributed by atoms with van der Waals surface area (Å²) in [5.41, 5.74) is 1.20. The van der Waals surface area contributed by atoms with E-state index in [0.717, 1.165) is 0 Å². The Hall–Kier alpha value is -4.33. The first-order valence-electron chi connectivity index (χ1n) is 8.55. The highest BCUT2D eigenvalue weighted by molar-refractivity contribution is 5.87. The number of carboxylic acids is 1. The Bertz CT molecular complexity index is 1220. The second kappa shape index (κ2) is 7.01. The number of hydrogen-bond donors (Lipinski definition) is 4. The number of benzene rings is 3. The molecule has 0 radical (unpaired) electrons. The van der Waals surface area contributed by atoms with Gasteiger partial charge in [-0.1, -0.05) is 12.1 Å². The number of aromatic carboxylic acids is 1. The van der Waals surface area contributed by atoms with Crippen molar-refractivity contribution in [2.24, 2.45) is 0 Å². The van der Waals surface area contributed by atoms with E-state index < -0.39 is 5.97 Å². The molecule has 8 heteroatoms. The van der Waals surface area contributed by atoms with Crippen molar-refractivity contribution in [3.8, 4) is 45.7 Å². The molecule has 144 valence electrons. The van der Waals surface area contributed by atoms with E-state index in [0.29, 0.717) is 11.3 Å². The van der Waals surface area contributed by atoms with Gasteiger partial charge < -0.3 is 20.4 Å². The largest absolute Gasteiger partial charge is 0.508 e. The zero-order valence-electron chi connectivity index (χ0n) is 14.9. The summed E-state index contributed by atoms with van der Waals surface area (Å²) in [5.74, 6) is -0.864. The molecule has 0 fully saturated rings. The molecule has 0 atom stereocenters. The van der Waals surface area contributed by atoms with Gasteiger partial charge in [0.2, 0.25) is 0 Å². The lowest BCUT2D eigenvalue weighted by Crippen LogP contribution is -2.02. The molecule has 0 saturated heterocycles. The highest BCUT2D eigenvalue weighted by Gasteiger charge is 2.20. The fourth-order valence-corrected chi connectivity index (χ4v) is 2.89. The summed E-state index contributed by atoms with van der Waals surface area (Å²) in [6.45, 7) is 0. The second-order valence-corrected chi connectivity index (χ2v) is 6.24. The highest BCUT2D eigenvalue weighted by atomic mass is 16.4. The van der Waals surface area contributed by atoms with Crippen LogP contribution in [0.25, 0.3) is 28.5 Å². The lowest BCUT2D eigenvalue weighted by atomic mass is 10.1. The van der Waals surface area contributed by atoms with Gasteiger partial charge in [0.25, 0.3) is 0 Å². The van der Waals surface area contributed by atoms with Gasteiger partial charge in [0.15, 0.2) is 11.6 Å². The number of rotatable bonds is 4. The number of aromatic hydroxyl groups is 3. The predicted octanol–water partition coefficient (Wildman–Crippen LogP) is 3.42. The zero-order valence-corrected chi connectivity index (χ0v) is 14.9. The SMILES string of the molecule is O=C(O)c1ccc(-n2nc(-c3ccccc3O)nc2-c2cc(O)ccc2O)cc1. The number of hydrogen-bond acceptors (Lipinski definition) is 6. The third-order valence-electron chi connectivity index (χ3n) is 4.33. The normalized spacial score (nSPS) is 10.8. The average molecular weight is 389 g/mol. The molecule has 3 aromatic carbocycles. The molecule has 4 N–H and O–H groups in total. The molecule has 29 heavy (non-hydrogen) atoms. The molecule has 0 aliphatic carbocycles. The van der Waals surface area contributed by atoms with Crippen LogP contribution in [-0.2, 0) is 0 Å². The summed E-state index contributed by atoms with van der Waals surface area (Å²) in [5, 5.41) is 43.8. The van der Waals surface area contributed by atoms with Crippen LogP contribution in [-0.4, -0.2) is 41.2 Å². The van der Waals surface area contributed by atoms with E-state index in [1.807, 2.05) is 0 Å². The molecule has 0 aliphatic heterocycles. The number of carboxylic acid groups (broad SMARTS) is 1. The van der Waals surface area contributed by atoms with Crippen molar-refractivity contribution in [2.45, 2.75) is 0 Å². The zero-order chi connectivity index (χ0) is 20.5. The summed E-state index contributed by atoms with van der Waals surface area (Å²) in [6.07, 6.45) is 0. The highest BCUT2D eigenvalue weighted by Crippen LogP contribution is 2.35. The Balaban J connectivity index is 1.94. The summed E-state index contributed by atoms with van der Waals surface area (Å²) in [7, 11) is 0. The number of para-hydroxylation sites is 1. The minimum absolute atomic E-state index is 0.0162. The van der Waals surface area contributed by atoms with E-state index in [9.17, 15) is 20.1 Å². The van der Waals surface area contributed by atoms with Crippen LogP contribution in [0, 0.1) is 0 Å². The molecule has 8 nitrogen and oxygen atoms in total. The van der Waals surface area contributed by atoms with Gasteiger partial charge in [0.05, 0.1) is 22.4 Å². The van der Waals surface area contributed by atoms with E-state index in [-0.39, 0.29) is 40.0 Å². The molecule has 0 saturated carbocycles. The van der Waals surface area contributed by atoms with Gasteiger partial charge in [0.1, 0.15) is 17.2 Å². The topological polar surface area (TPSA) is 129 Å². The average Bonchev–Trinajstić information content (AvgIpc) is 3.15. The number of phenolic OH excluding ortho intramolecular Hbond substituents is 3. The Morgan fingerprint density at radius 1 is 0.828 bits per heavy atom. The van der Waals surface area contributed by atoms with Gasteiger partial charge in [-0.3, -0.25) is 0 Å². The van der Waals surface area contributed by atoms with Crippen molar-refractivity contribution >= 4 is 5.97 Å². The van der Waals surface area contributed by atoms with Gasteiger partial charge in [-0.25, -0.2) is 14.5 Å². The van der Waals surface area contributed by atoms with Gasteiger partial charge in [-0.05, 0) is 54.6 Å². The lowest BCUT2D eigenvalue weighted by molar-refractivity contribution is 0.0697. The summed E-state index contributed by atoms with van der Waals surface area (Å²) in [6, 6.07) is 16.5. The van der Waals surface area contributed by atoms with Crippen LogP contribution < -0.4 is 0 Å². The quantitative estimate of drug-likeness (QED) is 0.394. The number of nitrogens with zero attached hydrogens (tertiary/aromatic N) is 3. The molecule has 0 amide bonds. The minimum Gasteiger partial charge on any atom is -0.508 e.